The van der Waals surface area contributed by atoms with Gasteiger partial charge in [-0.05, 0) is 47.1 Å². The normalized spacial score (nSPS) is 10.2. The molecule has 0 atom stereocenters. The largest absolute Gasteiger partial charge is 0.320 e. The number of ketones is 1. The Morgan fingerprint density at radius 2 is 2.00 bits per heavy atom. The van der Waals surface area contributed by atoms with Crippen LogP contribution in [0.3, 0.4) is 0 Å². The Morgan fingerprint density at radius 3 is 2.67 bits per heavy atom. The first-order valence-corrected chi connectivity index (χ1v) is 7.79. The van der Waals surface area contributed by atoms with Gasteiger partial charge < -0.3 is 5.32 Å². The van der Waals surface area contributed by atoms with Gasteiger partial charge in [-0.1, -0.05) is 15.9 Å². The Balaban J connectivity index is 2.08. The van der Waals surface area contributed by atoms with Gasteiger partial charge in [0.05, 0.1) is 11.3 Å². The van der Waals surface area contributed by atoms with Crippen LogP contribution in [-0.4, -0.2) is 11.7 Å². The lowest BCUT2D eigenvalue weighted by Crippen LogP contribution is -2.40. The van der Waals surface area contributed by atoms with Crippen molar-refractivity contribution in [2.45, 2.75) is 13.5 Å². The maximum atomic E-state index is 12.1. The highest BCUT2D eigenvalue weighted by Crippen LogP contribution is 2.25. The van der Waals surface area contributed by atoms with E-state index in [4.69, 9.17) is 0 Å². The van der Waals surface area contributed by atoms with Gasteiger partial charge in [-0.25, -0.2) is 0 Å². The number of halogens is 2. The van der Waals surface area contributed by atoms with Crippen molar-refractivity contribution in [3.05, 3.63) is 57.2 Å². The second kappa shape index (κ2) is 6.95. The summed E-state index contributed by atoms with van der Waals surface area (Å²) in [5.41, 5.74) is 1.28. The van der Waals surface area contributed by atoms with Crippen molar-refractivity contribution in [3.8, 4) is 0 Å². The molecule has 0 fully saturated rings. The predicted molar refractivity (Wildman–Crippen MR) is 87.1 cm³/mol. The molecule has 0 aliphatic rings. The molecule has 1 aromatic carbocycles. The number of amides is 1. The maximum absolute atomic E-state index is 12.1. The first-order valence-electron chi connectivity index (χ1n) is 6.20. The summed E-state index contributed by atoms with van der Waals surface area (Å²) in [6, 6.07) is 8.99. The summed E-state index contributed by atoms with van der Waals surface area (Å²) in [7, 11) is 0. The number of hydrogen-bond donors (Lipinski definition) is 1. The molecule has 1 N–H and O–H groups in total. The standard InChI is InChI=1S/C15H12Br2N2O2/c1-10(20)11-3-2-6-19(8-11)9-15(21)18-14-5-4-12(16)7-13(14)17/h2-8H,9H2,1H3/p+1. The van der Waals surface area contributed by atoms with Gasteiger partial charge in [0.15, 0.2) is 18.2 Å². The van der Waals surface area contributed by atoms with Crippen molar-refractivity contribution in [2.75, 3.05) is 5.32 Å². The van der Waals surface area contributed by atoms with E-state index in [0.717, 1.165) is 8.95 Å². The molecule has 2 rings (SSSR count). The smallest absolute Gasteiger partial charge is 0.290 e. The summed E-state index contributed by atoms with van der Waals surface area (Å²) in [6.07, 6.45) is 3.42. The van der Waals surface area contributed by atoms with Crippen LogP contribution < -0.4 is 9.88 Å². The molecule has 1 amide bonds. The quantitative estimate of drug-likeness (QED) is 0.618. The van der Waals surface area contributed by atoms with E-state index in [0.29, 0.717) is 11.3 Å². The SMILES string of the molecule is CC(=O)c1ccc[n+](CC(=O)Nc2ccc(Br)cc2Br)c1. The van der Waals surface area contributed by atoms with Crippen LogP contribution in [0.25, 0.3) is 0 Å². The minimum absolute atomic E-state index is 0.0274. The Labute approximate surface area is 139 Å². The summed E-state index contributed by atoms with van der Waals surface area (Å²) < 4.78 is 3.40. The molecule has 0 saturated carbocycles. The van der Waals surface area contributed by atoms with Gasteiger partial charge in [-0.15, -0.1) is 0 Å². The monoisotopic (exact) mass is 411 g/mol. The van der Waals surface area contributed by atoms with E-state index in [1.807, 2.05) is 18.2 Å². The number of rotatable bonds is 4. The third-order valence-electron chi connectivity index (χ3n) is 2.80. The van der Waals surface area contributed by atoms with Gasteiger partial charge in [0.25, 0.3) is 5.91 Å². The first kappa shape index (κ1) is 15.9. The lowest BCUT2D eigenvalue weighted by molar-refractivity contribution is -0.684. The number of carbonyl (C=O) groups excluding carboxylic acids is 2. The number of anilines is 1. The topological polar surface area (TPSA) is 50.0 Å². The Kier molecular flexibility index (Phi) is 5.25. The van der Waals surface area contributed by atoms with Crippen molar-refractivity contribution in [3.63, 3.8) is 0 Å². The second-order valence-electron chi connectivity index (χ2n) is 4.49. The Morgan fingerprint density at radius 1 is 1.24 bits per heavy atom. The molecular weight excluding hydrogens is 400 g/mol. The lowest BCUT2D eigenvalue weighted by Gasteiger charge is -2.06. The number of pyridine rings is 1. The number of Topliss-reactive ketones (excluding diaryl/α,β-unsaturated/α-hetero) is 1. The predicted octanol–water partition coefficient (Wildman–Crippen LogP) is 3.34. The van der Waals surface area contributed by atoms with Crippen LogP contribution in [-0.2, 0) is 11.3 Å². The van der Waals surface area contributed by atoms with Crippen molar-refractivity contribution in [2.24, 2.45) is 0 Å². The summed E-state index contributed by atoms with van der Waals surface area (Å²) in [5, 5.41) is 2.82. The first-order chi connectivity index (χ1) is 9.95. The molecule has 108 valence electrons. The molecule has 0 radical (unpaired) electrons. The number of carbonyl (C=O) groups is 2. The van der Waals surface area contributed by atoms with Gasteiger partial charge >= 0.3 is 0 Å². The average molecular weight is 413 g/mol. The van der Waals surface area contributed by atoms with Crippen molar-refractivity contribution in [1.82, 2.24) is 0 Å². The second-order valence-corrected chi connectivity index (χ2v) is 6.26. The summed E-state index contributed by atoms with van der Waals surface area (Å²) in [4.78, 5) is 23.4. The number of aromatic nitrogens is 1. The molecule has 0 aliphatic carbocycles. The van der Waals surface area contributed by atoms with Gasteiger partial charge in [0, 0.05) is 15.0 Å². The summed E-state index contributed by atoms with van der Waals surface area (Å²) in [5.74, 6) is -0.191. The van der Waals surface area contributed by atoms with E-state index in [1.54, 1.807) is 29.1 Å². The van der Waals surface area contributed by atoms with E-state index in [2.05, 4.69) is 37.2 Å². The van der Waals surface area contributed by atoms with Crippen molar-refractivity contribution in [1.29, 1.82) is 0 Å². The average Bonchev–Trinajstić information content (AvgIpc) is 2.42. The molecule has 1 aromatic heterocycles. The zero-order valence-electron chi connectivity index (χ0n) is 11.3. The molecule has 0 bridgehead atoms. The Bertz CT molecular complexity index is 702. The molecule has 0 spiro atoms. The highest BCUT2D eigenvalue weighted by molar-refractivity contribution is 9.11. The zero-order valence-corrected chi connectivity index (χ0v) is 14.4. The van der Waals surface area contributed by atoms with E-state index in [1.165, 1.54) is 6.92 Å². The number of nitrogens with one attached hydrogen (secondary N) is 1. The van der Waals surface area contributed by atoms with Crippen LogP contribution >= 0.6 is 31.9 Å². The van der Waals surface area contributed by atoms with Crippen LogP contribution in [0.2, 0.25) is 0 Å². The summed E-state index contributed by atoms with van der Waals surface area (Å²) in [6.45, 7) is 1.64. The molecule has 0 aliphatic heterocycles. The van der Waals surface area contributed by atoms with E-state index >= 15 is 0 Å². The highest BCUT2D eigenvalue weighted by Gasteiger charge is 2.13. The van der Waals surface area contributed by atoms with Gasteiger partial charge in [0.1, 0.15) is 0 Å². The molecule has 4 nitrogen and oxygen atoms in total. The Hall–Kier alpha value is -1.53. The zero-order chi connectivity index (χ0) is 15.4. The fourth-order valence-electron chi connectivity index (χ4n) is 1.77. The number of hydrogen-bond acceptors (Lipinski definition) is 2. The van der Waals surface area contributed by atoms with E-state index in [9.17, 15) is 9.59 Å². The third-order valence-corrected chi connectivity index (χ3v) is 3.95. The van der Waals surface area contributed by atoms with Crippen LogP contribution in [0.15, 0.2) is 51.7 Å². The van der Waals surface area contributed by atoms with Crippen LogP contribution in [0.5, 0.6) is 0 Å². The number of benzene rings is 1. The van der Waals surface area contributed by atoms with Crippen LogP contribution in [0, 0.1) is 0 Å². The molecule has 2 aromatic rings. The minimum atomic E-state index is -0.163. The number of nitrogens with zero attached hydrogens (tertiary/aromatic N) is 1. The van der Waals surface area contributed by atoms with Gasteiger partial charge in [-0.3, -0.25) is 9.59 Å². The fraction of sp³-hybridized carbons (Fsp3) is 0.133. The minimum Gasteiger partial charge on any atom is -0.320 e. The van der Waals surface area contributed by atoms with Crippen LogP contribution in [0.4, 0.5) is 5.69 Å². The molecule has 6 heteroatoms. The van der Waals surface area contributed by atoms with E-state index in [-0.39, 0.29) is 18.2 Å². The maximum Gasteiger partial charge on any atom is 0.290 e. The molecule has 21 heavy (non-hydrogen) atoms. The van der Waals surface area contributed by atoms with Crippen molar-refractivity contribution < 1.29 is 14.2 Å². The highest BCUT2D eigenvalue weighted by atomic mass is 79.9. The third kappa shape index (κ3) is 4.47. The molecule has 0 saturated heterocycles. The molecule has 1 heterocycles. The molecule has 0 unspecified atom stereocenters. The summed E-state index contributed by atoms with van der Waals surface area (Å²) >= 11 is 6.75. The molecular formula is C15H13Br2N2O2+. The van der Waals surface area contributed by atoms with Crippen molar-refractivity contribution >= 4 is 49.2 Å². The lowest BCUT2D eigenvalue weighted by atomic mass is 10.2. The van der Waals surface area contributed by atoms with Crippen LogP contribution in [0.1, 0.15) is 17.3 Å². The fourth-order valence-corrected chi connectivity index (χ4v) is 2.92. The van der Waals surface area contributed by atoms with E-state index < -0.39 is 0 Å². The van der Waals surface area contributed by atoms with Gasteiger partial charge in [-0.2, -0.15) is 4.57 Å². The van der Waals surface area contributed by atoms with Gasteiger partial charge in [0.2, 0.25) is 6.54 Å².